The third-order valence-corrected chi connectivity index (χ3v) is 7.57. The van der Waals surface area contributed by atoms with Crippen LogP contribution in [0.25, 0.3) is 0 Å². The van der Waals surface area contributed by atoms with Crippen molar-refractivity contribution in [2.24, 2.45) is 0 Å². The van der Waals surface area contributed by atoms with Crippen LogP contribution in [-0.2, 0) is 26.2 Å². The summed E-state index contributed by atoms with van der Waals surface area (Å²) in [5.74, 6) is -0.389. The maximum atomic E-state index is 13.4. The first-order valence-corrected chi connectivity index (χ1v) is 14.6. The lowest BCUT2D eigenvalue weighted by Crippen LogP contribution is -2.50. The van der Waals surface area contributed by atoms with Crippen molar-refractivity contribution in [2.75, 3.05) is 17.1 Å². The second-order valence-electron chi connectivity index (χ2n) is 9.16. The highest BCUT2D eigenvalue weighted by atomic mass is 35.5. The van der Waals surface area contributed by atoms with Crippen LogP contribution in [0.15, 0.2) is 48.5 Å². The van der Waals surface area contributed by atoms with Crippen LogP contribution in [0.3, 0.4) is 0 Å². The second kappa shape index (κ2) is 13.7. The molecule has 2 amide bonds. The van der Waals surface area contributed by atoms with E-state index < -0.39 is 16.1 Å². The van der Waals surface area contributed by atoms with E-state index in [4.69, 9.17) is 11.6 Å². The number of carbonyl (C=O) groups excluding carboxylic acids is 2. The molecule has 0 bridgehead atoms. The maximum Gasteiger partial charge on any atom is 0.243 e. The summed E-state index contributed by atoms with van der Waals surface area (Å²) in [6.07, 6.45) is 2.83. The number of nitrogens with one attached hydrogen (secondary N) is 1. The lowest BCUT2D eigenvalue weighted by atomic mass is 10.1. The first-order chi connectivity index (χ1) is 17.0. The molecule has 2 rings (SSSR count). The standard InChI is InChI=1S/C27H38ClN3O4S/c1-6-21(4)29-27(33)25(7-2)30(19-22-12-14-23(28)15-13-22)26(32)9-8-18-31(36(5,34)35)24-16-10-20(3)11-17-24/h10-17,21,25H,6-9,18-19H2,1-5H3,(H,29,33)/t21-,25-/m0/s1. The number of benzene rings is 2. The monoisotopic (exact) mass is 535 g/mol. The number of hydrogen-bond donors (Lipinski definition) is 1. The van der Waals surface area contributed by atoms with Gasteiger partial charge in [-0.05, 0) is 62.9 Å². The third-order valence-electron chi connectivity index (χ3n) is 6.13. The number of aryl methyl sites for hydroxylation is 1. The minimum atomic E-state index is -3.52. The molecule has 0 aromatic heterocycles. The van der Waals surface area contributed by atoms with Gasteiger partial charge < -0.3 is 10.2 Å². The van der Waals surface area contributed by atoms with Gasteiger partial charge in [0.05, 0.1) is 11.9 Å². The summed E-state index contributed by atoms with van der Waals surface area (Å²) < 4.78 is 26.2. The Morgan fingerprint density at radius 1 is 1.00 bits per heavy atom. The van der Waals surface area contributed by atoms with E-state index >= 15 is 0 Å². The van der Waals surface area contributed by atoms with Crippen LogP contribution in [0, 0.1) is 6.92 Å². The molecule has 9 heteroatoms. The van der Waals surface area contributed by atoms with Gasteiger partial charge in [-0.15, -0.1) is 0 Å². The number of rotatable bonds is 13. The van der Waals surface area contributed by atoms with Crippen LogP contribution in [0.4, 0.5) is 5.69 Å². The van der Waals surface area contributed by atoms with Crippen LogP contribution in [0.2, 0.25) is 5.02 Å². The first-order valence-electron chi connectivity index (χ1n) is 12.3. The molecule has 0 aliphatic rings. The fourth-order valence-electron chi connectivity index (χ4n) is 3.86. The Labute approximate surface area is 220 Å². The van der Waals surface area contributed by atoms with Crippen molar-refractivity contribution in [3.8, 4) is 0 Å². The van der Waals surface area contributed by atoms with Crippen molar-refractivity contribution in [2.45, 2.75) is 72.0 Å². The van der Waals surface area contributed by atoms with E-state index in [-0.39, 0.29) is 37.4 Å². The van der Waals surface area contributed by atoms with Crippen molar-refractivity contribution in [1.82, 2.24) is 10.2 Å². The van der Waals surface area contributed by atoms with Crippen molar-refractivity contribution >= 4 is 39.1 Å². The van der Waals surface area contributed by atoms with Crippen LogP contribution in [0.1, 0.15) is 57.6 Å². The molecule has 0 spiro atoms. The molecular formula is C27H38ClN3O4S. The van der Waals surface area contributed by atoms with E-state index in [0.717, 1.165) is 23.8 Å². The van der Waals surface area contributed by atoms with Gasteiger partial charge >= 0.3 is 0 Å². The number of sulfonamides is 1. The van der Waals surface area contributed by atoms with Crippen molar-refractivity contribution in [1.29, 1.82) is 0 Å². The average Bonchev–Trinajstić information content (AvgIpc) is 2.82. The largest absolute Gasteiger partial charge is 0.352 e. The van der Waals surface area contributed by atoms with Gasteiger partial charge in [-0.1, -0.05) is 55.3 Å². The van der Waals surface area contributed by atoms with Gasteiger partial charge in [-0.2, -0.15) is 0 Å². The Bertz CT molecular complexity index is 1100. The fraction of sp³-hybridized carbons (Fsp3) is 0.481. The zero-order valence-electron chi connectivity index (χ0n) is 21.8. The Kier molecular flexibility index (Phi) is 11.2. The van der Waals surface area contributed by atoms with E-state index in [2.05, 4.69) is 5.32 Å². The van der Waals surface area contributed by atoms with Gasteiger partial charge in [0.1, 0.15) is 6.04 Å². The highest BCUT2D eigenvalue weighted by Gasteiger charge is 2.29. The van der Waals surface area contributed by atoms with Gasteiger partial charge in [-0.3, -0.25) is 13.9 Å². The molecule has 0 unspecified atom stereocenters. The summed E-state index contributed by atoms with van der Waals surface area (Å²) >= 11 is 6.02. The van der Waals surface area contributed by atoms with Crippen molar-refractivity contribution in [3.63, 3.8) is 0 Å². The zero-order chi connectivity index (χ0) is 26.9. The minimum absolute atomic E-state index is 0.00291. The number of nitrogens with zero attached hydrogens (tertiary/aromatic N) is 2. The van der Waals surface area contributed by atoms with Gasteiger partial charge in [0.2, 0.25) is 21.8 Å². The Hall–Kier alpha value is -2.58. The predicted octanol–water partition coefficient (Wildman–Crippen LogP) is 4.92. The number of anilines is 1. The lowest BCUT2D eigenvalue weighted by molar-refractivity contribution is -0.141. The smallest absolute Gasteiger partial charge is 0.243 e. The Morgan fingerprint density at radius 2 is 1.61 bits per heavy atom. The third kappa shape index (κ3) is 8.82. The molecule has 0 saturated heterocycles. The van der Waals surface area contributed by atoms with Crippen molar-refractivity contribution in [3.05, 3.63) is 64.7 Å². The lowest BCUT2D eigenvalue weighted by Gasteiger charge is -2.32. The number of hydrogen-bond acceptors (Lipinski definition) is 4. The molecule has 2 aromatic rings. The summed E-state index contributed by atoms with van der Waals surface area (Å²) in [7, 11) is -3.52. The summed E-state index contributed by atoms with van der Waals surface area (Å²) in [5.41, 5.74) is 2.45. The molecule has 7 nitrogen and oxygen atoms in total. The summed E-state index contributed by atoms with van der Waals surface area (Å²) in [4.78, 5) is 28.1. The summed E-state index contributed by atoms with van der Waals surface area (Å²) in [6, 6.07) is 13.8. The molecule has 36 heavy (non-hydrogen) atoms. The van der Waals surface area contributed by atoms with E-state index in [9.17, 15) is 18.0 Å². The SMILES string of the molecule is CC[C@H](C)NC(=O)[C@H](CC)N(Cc1ccc(Cl)cc1)C(=O)CCCN(c1ccc(C)cc1)S(C)(=O)=O. The number of halogens is 1. The number of amides is 2. The molecular weight excluding hydrogens is 498 g/mol. The minimum Gasteiger partial charge on any atom is -0.352 e. The number of carbonyl (C=O) groups is 2. The predicted molar refractivity (Wildman–Crippen MR) is 147 cm³/mol. The van der Waals surface area contributed by atoms with Gasteiger partial charge in [0, 0.05) is 30.6 Å². The molecule has 2 aromatic carbocycles. The van der Waals surface area contributed by atoms with Crippen LogP contribution >= 0.6 is 11.6 Å². The molecule has 0 heterocycles. The fourth-order valence-corrected chi connectivity index (χ4v) is 4.95. The quantitative estimate of drug-likeness (QED) is 0.394. The molecule has 1 N–H and O–H groups in total. The van der Waals surface area contributed by atoms with E-state index in [1.54, 1.807) is 29.2 Å². The highest BCUT2D eigenvalue weighted by molar-refractivity contribution is 7.92. The molecule has 198 valence electrons. The van der Waals surface area contributed by atoms with Gasteiger partial charge in [0.25, 0.3) is 0 Å². The van der Waals surface area contributed by atoms with Crippen LogP contribution < -0.4 is 9.62 Å². The van der Waals surface area contributed by atoms with E-state index in [1.165, 1.54) is 4.31 Å². The summed E-state index contributed by atoms with van der Waals surface area (Å²) in [5, 5.41) is 3.58. The Balaban J connectivity index is 2.21. The highest BCUT2D eigenvalue weighted by Crippen LogP contribution is 2.20. The van der Waals surface area contributed by atoms with Crippen LogP contribution in [0.5, 0.6) is 0 Å². The molecule has 0 saturated carbocycles. The van der Waals surface area contributed by atoms with Gasteiger partial charge in [-0.25, -0.2) is 8.42 Å². The molecule has 0 aliphatic heterocycles. The average molecular weight is 536 g/mol. The molecule has 0 fully saturated rings. The molecule has 2 atom stereocenters. The van der Waals surface area contributed by atoms with Crippen molar-refractivity contribution < 1.29 is 18.0 Å². The molecule has 0 aliphatic carbocycles. The second-order valence-corrected chi connectivity index (χ2v) is 11.5. The topological polar surface area (TPSA) is 86.8 Å². The van der Waals surface area contributed by atoms with E-state index in [0.29, 0.717) is 23.6 Å². The first kappa shape index (κ1) is 29.6. The van der Waals surface area contributed by atoms with E-state index in [1.807, 2.05) is 52.0 Å². The maximum absolute atomic E-state index is 13.4. The Morgan fingerprint density at radius 3 is 2.14 bits per heavy atom. The molecule has 0 radical (unpaired) electrons. The van der Waals surface area contributed by atoms with Crippen LogP contribution in [-0.4, -0.2) is 50.0 Å². The normalized spacial score (nSPS) is 13.1. The van der Waals surface area contributed by atoms with Gasteiger partial charge in [0.15, 0.2) is 0 Å². The summed E-state index contributed by atoms with van der Waals surface area (Å²) in [6.45, 7) is 8.16. The zero-order valence-corrected chi connectivity index (χ0v) is 23.4.